The average Bonchev–Trinajstić information content (AvgIpc) is 3.28. The van der Waals surface area contributed by atoms with Crippen molar-refractivity contribution in [2.45, 2.75) is 19.4 Å². The molecule has 0 saturated carbocycles. The number of anilines is 1. The maximum absolute atomic E-state index is 12.3. The predicted octanol–water partition coefficient (Wildman–Crippen LogP) is 3.74. The zero-order valence-electron chi connectivity index (χ0n) is 16.4. The Bertz CT molecular complexity index is 926. The molecule has 0 saturated heterocycles. The SMILES string of the molecule is CCc1ccccc1NC(=O)CNC(=O)CN[C@@H](c1ccccc1)c1cccs1. The summed E-state index contributed by atoms with van der Waals surface area (Å²) >= 11 is 1.64. The maximum Gasteiger partial charge on any atom is 0.243 e. The third-order valence-electron chi connectivity index (χ3n) is 4.55. The molecule has 1 atom stereocenters. The molecule has 0 aliphatic heterocycles. The Kier molecular flexibility index (Phi) is 7.55. The second-order valence-electron chi connectivity index (χ2n) is 6.58. The first-order chi connectivity index (χ1) is 14.2. The van der Waals surface area contributed by atoms with Crippen molar-refractivity contribution < 1.29 is 9.59 Å². The first-order valence-electron chi connectivity index (χ1n) is 9.63. The molecular formula is C23H25N3O2S. The quantitative estimate of drug-likeness (QED) is 0.506. The van der Waals surface area contributed by atoms with Gasteiger partial charge in [-0.2, -0.15) is 0 Å². The van der Waals surface area contributed by atoms with Crippen LogP contribution < -0.4 is 16.0 Å². The Morgan fingerprint density at radius 1 is 0.897 bits per heavy atom. The van der Waals surface area contributed by atoms with Crippen LogP contribution in [0, 0.1) is 0 Å². The number of amides is 2. The van der Waals surface area contributed by atoms with E-state index in [2.05, 4.69) is 16.0 Å². The Balaban J connectivity index is 1.51. The van der Waals surface area contributed by atoms with Gasteiger partial charge in [-0.1, -0.05) is 61.5 Å². The minimum absolute atomic E-state index is 0.0619. The zero-order valence-corrected chi connectivity index (χ0v) is 17.2. The van der Waals surface area contributed by atoms with E-state index in [1.807, 2.05) is 79.0 Å². The monoisotopic (exact) mass is 407 g/mol. The molecule has 2 amide bonds. The van der Waals surface area contributed by atoms with Gasteiger partial charge in [0.1, 0.15) is 0 Å². The van der Waals surface area contributed by atoms with Gasteiger partial charge in [-0.3, -0.25) is 14.9 Å². The molecule has 150 valence electrons. The van der Waals surface area contributed by atoms with Crippen molar-refractivity contribution in [2.75, 3.05) is 18.4 Å². The predicted molar refractivity (Wildman–Crippen MR) is 118 cm³/mol. The number of hydrogen-bond donors (Lipinski definition) is 3. The van der Waals surface area contributed by atoms with E-state index in [-0.39, 0.29) is 30.9 Å². The van der Waals surface area contributed by atoms with Gasteiger partial charge < -0.3 is 10.6 Å². The molecule has 29 heavy (non-hydrogen) atoms. The van der Waals surface area contributed by atoms with Crippen LogP contribution in [0.2, 0.25) is 0 Å². The molecule has 5 nitrogen and oxygen atoms in total. The van der Waals surface area contributed by atoms with E-state index in [0.29, 0.717) is 0 Å². The molecule has 0 fully saturated rings. The van der Waals surface area contributed by atoms with Crippen molar-refractivity contribution in [2.24, 2.45) is 0 Å². The highest BCUT2D eigenvalue weighted by atomic mass is 32.1. The van der Waals surface area contributed by atoms with Gasteiger partial charge in [0.05, 0.1) is 19.1 Å². The third-order valence-corrected chi connectivity index (χ3v) is 5.48. The van der Waals surface area contributed by atoms with E-state index in [0.717, 1.165) is 28.1 Å². The number of benzene rings is 2. The van der Waals surface area contributed by atoms with Crippen LogP contribution in [0.5, 0.6) is 0 Å². The van der Waals surface area contributed by atoms with Crippen molar-refractivity contribution in [3.8, 4) is 0 Å². The van der Waals surface area contributed by atoms with E-state index in [1.54, 1.807) is 11.3 Å². The van der Waals surface area contributed by atoms with Gasteiger partial charge in [0.25, 0.3) is 0 Å². The Morgan fingerprint density at radius 2 is 1.66 bits per heavy atom. The number of carbonyl (C=O) groups excluding carboxylic acids is 2. The van der Waals surface area contributed by atoms with E-state index >= 15 is 0 Å². The molecule has 6 heteroatoms. The van der Waals surface area contributed by atoms with Crippen LogP contribution in [0.4, 0.5) is 5.69 Å². The molecule has 0 aliphatic carbocycles. The van der Waals surface area contributed by atoms with Crippen molar-refractivity contribution in [1.82, 2.24) is 10.6 Å². The third kappa shape index (κ3) is 6.01. The molecular weight excluding hydrogens is 382 g/mol. The number of rotatable bonds is 9. The molecule has 1 heterocycles. The van der Waals surface area contributed by atoms with Gasteiger partial charge in [0, 0.05) is 10.6 Å². The Hall–Kier alpha value is -2.96. The summed E-state index contributed by atoms with van der Waals surface area (Å²) in [5, 5.41) is 10.9. The van der Waals surface area contributed by atoms with Crippen LogP contribution in [0.3, 0.4) is 0 Å². The van der Waals surface area contributed by atoms with Crippen LogP contribution >= 0.6 is 11.3 Å². The second kappa shape index (κ2) is 10.5. The van der Waals surface area contributed by atoms with E-state index < -0.39 is 0 Å². The lowest BCUT2D eigenvalue weighted by molar-refractivity contribution is -0.123. The summed E-state index contributed by atoms with van der Waals surface area (Å²) in [6.45, 7) is 2.10. The summed E-state index contributed by atoms with van der Waals surface area (Å²) < 4.78 is 0. The van der Waals surface area contributed by atoms with Gasteiger partial charge in [-0.25, -0.2) is 0 Å². The summed E-state index contributed by atoms with van der Waals surface area (Å²) in [6, 6.07) is 21.7. The highest BCUT2D eigenvalue weighted by molar-refractivity contribution is 7.10. The molecule has 1 aromatic heterocycles. The topological polar surface area (TPSA) is 70.2 Å². The summed E-state index contributed by atoms with van der Waals surface area (Å²) in [6.07, 6.45) is 0.830. The number of nitrogens with one attached hydrogen (secondary N) is 3. The average molecular weight is 408 g/mol. The molecule has 0 spiro atoms. The van der Waals surface area contributed by atoms with Gasteiger partial charge in [0.2, 0.25) is 11.8 Å². The Labute approximate surface area is 175 Å². The summed E-state index contributed by atoms with van der Waals surface area (Å²) in [7, 11) is 0. The van der Waals surface area contributed by atoms with E-state index in [4.69, 9.17) is 0 Å². The molecule has 0 unspecified atom stereocenters. The second-order valence-corrected chi connectivity index (χ2v) is 7.55. The van der Waals surface area contributed by atoms with Gasteiger partial charge >= 0.3 is 0 Å². The lowest BCUT2D eigenvalue weighted by atomic mass is 10.1. The van der Waals surface area contributed by atoms with Gasteiger partial charge in [0.15, 0.2) is 0 Å². The minimum Gasteiger partial charge on any atom is -0.346 e. The number of hydrogen-bond acceptors (Lipinski definition) is 4. The maximum atomic E-state index is 12.3. The lowest BCUT2D eigenvalue weighted by Crippen LogP contribution is -2.39. The van der Waals surface area contributed by atoms with Gasteiger partial charge in [-0.05, 0) is 35.1 Å². The van der Waals surface area contributed by atoms with Gasteiger partial charge in [-0.15, -0.1) is 11.3 Å². The number of thiophene rings is 1. The number of para-hydroxylation sites is 1. The van der Waals surface area contributed by atoms with E-state index in [1.165, 1.54) is 0 Å². The smallest absolute Gasteiger partial charge is 0.243 e. The molecule has 3 rings (SSSR count). The van der Waals surface area contributed by atoms with Crippen molar-refractivity contribution in [1.29, 1.82) is 0 Å². The van der Waals surface area contributed by atoms with Crippen molar-refractivity contribution in [3.05, 3.63) is 88.1 Å². The van der Waals surface area contributed by atoms with E-state index in [9.17, 15) is 9.59 Å². The normalized spacial score (nSPS) is 11.6. The molecule has 3 N–H and O–H groups in total. The molecule has 2 aromatic carbocycles. The van der Waals surface area contributed by atoms with Crippen molar-refractivity contribution in [3.63, 3.8) is 0 Å². The minimum atomic E-state index is -0.239. The lowest BCUT2D eigenvalue weighted by Gasteiger charge is -2.18. The molecule has 0 bridgehead atoms. The first kappa shape index (κ1) is 20.8. The van der Waals surface area contributed by atoms with Crippen LogP contribution in [0.25, 0.3) is 0 Å². The summed E-state index contributed by atoms with van der Waals surface area (Å²) in [5.41, 5.74) is 2.95. The van der Waals surface area contributed by atoms with Crippen LogP contribution in [-0.4, -0.2) is 24.9 Å². The fourth-order valence-electron chi connectivity index (χ4n) is 3.06. The van der Waals surface area contributed by atoms with Crippen molar-refractivity contribution >= 4 is 28.8 Å². The molecule has 0 aliphatic rings. The fraction of sp³-hybridized carbons (Fsp3) is 0.217. The highest BCUT2D eigenvalue weighted by Gasteiger charge is 2.16. The van der Waals surface area contributed by atoms with Crippen LogP contribution in [0.1, 0.15) is 29.0 Å². The highest BCUT2D eigenvalue weighted by Crippen LogP contribution is 2.25. The summed E-state index contributed by atoms with van der Waals surface area (Å²) in [4.78, 5) is 25.6. The fourth-order valence-corrected chi connectivity index (χ4v) is 3.89. The molecule has 0 radical (unpaired) electrons. The van der Waals surface area contributed by atoms with Crippen LogP contribution in [0.15, 0.2) is 72.1 Å². The first-order valence-corrected chi connectivity index (χ1v) is 10.5. The Morgan fingerprint density at radius 3 is 2.38 bits per heavy atom. The zero-order chi connectivity index (χ0) is 20.5. The largest absolute Gasteiger partial charge is 0.346 e. The number of aryl methyl sites for hydroxylation is 1. The number of carbonyl (C=O) groups is 2. The summed E-state index contributed by atoms with van der Waals surface area (Å²) in [5.74, 6) is -0.460. The molecule has 3 aromatic rings. The van der Waals surface area contributed by atoms with Crippen LogP contribution in [-0.2, 0) is 16.0 Å². The standard InChI is InChI=1S/C23H25N3O2S/c1-2-17-9-6-7-12-19(17)26-22(28)16-24-21(27)15-25-23(20-13-8-14-29-20)18-10-4-3-5-11-18/h3-14,23,25H,2,15-16H2,1H3,(H,24,27)(H,26,28)/t23-/m0/s1.